The summed E-state index contributed by atoms with van der Waals surface area (Å²) in [7, 11) is 0. The number of hydrogen-bond acceptors (Lipinski definition) is 3. The Morgan fingerprint density at radius 3 is 2.17 bits per heavy atom. The van der Waals surface area contributed by atoms with Crippen LogP contribution in [0.4, 0.5) is 0 Å². The van der Waals surface area contributed by atoms with Crippen LogP contribution < -0.4 is 4.74 Å². The molecule has 2 heterocycles. The second kappa shape index (κ2) is 5.34. The van der Waals surface area contributed by atoms with Gasteiger partial charge in [-0.2, -0.15) is 11.8 Å². The summed E-state index contributed by atoms with van der Waals surface area (Å²) >= 11 is 2.03. The molecule has 1 fully saturated rings. The molecule has 1 aromatic carbocycles. The highest BCUT2D eigenvalue weighted by Gasteiger charge is 2.44. The normalized spacial score (nSPS) is 20.4. The van der Waals surface area contributed by atoms with Gasteiger partial charge < -0.3 is 9.84 Å². The van der Waals surface area contributed by atoms with Gasteiger partial charge in [0.2, 0.25) is 0 Å². The van der Waals surface area contributed by atoms with Crippen molar-refractivity contribution in [2.24, 2.45) is 0 Å². The zero-order chi connectivity index (χ0) is 17.0. The van der Waals surface area contributed by atoms with Crippen molar-refractivity contribution >= 4 is 11.8 Å². The Morgan fingerprint density at radius 2 is 1.65 bits per heavy atom. The first-order valence-electron chi connectivity index (χ1n) is 8.70. The first-order valence-corrected chi connectivity index (χ1v) is 9.86. The lowest BCUT2D eigenvalue weighted by Crippen LogP contribution is -2.38. The molecule has 2 nitrogen and oxygen atoms in total. The third-order valence-electron chi connectivity index (χ3n) is 5.15. The predicted octanol–water partition coefficient (Wildman–Crippen LogP) is 5.19. The largest absolute Gasteiger partial charge is 0.507 e. The number of aromatic hydroxyl groups is 1. The van der Waals surface area contributed by atoms with Crippen LogP contribution in [0.2, 0.25) is 0 Å². The minimum Gasteiger partial charge on any atom is -0.507 e. The van der Waals surface area contributed by atoms with Crippen molar-refractivity contribution in [3.8, 4) is 11.5 Å². The van der Waals surface area contributed by atoms with Gasteiger partial charge in [-0.25, -0.2) is 0 Å². The van der Waals surface area contributed by atoms with Gasteiger partial charge in [0.1, 0.15) is 17.1 Å². The molecule has 0 unspecified atom stereocenters. The molecule has 3 rings (SSSR count). The molecule has 23 heavy (non-hydrogen) atoms. The van der Waals surface area contributed by atoms with Gasteiger partial charge in [0.05, 0.1) is 0 Å². The molecule has 3 heteroatoms. The topological polar surface area (TPSA) is 29.5 Å². The van der Waals surface area contributed by atoms with Crippen LogP contribution in [-0.2, 0) is 17.3 Å². The molecule has 2 aliphatic heterocycles. The number of hydrogen-bond donors (Lipinski definition) is 1. The van der Waals surface area contributed by atoms with E-state index in [0.29, 0.717) is 5.75 Å². The predicted molar refractivity (Wildman–Crippen MR) is 99.1 cm³/mol. The van der Waals surface area contributed by atoms with Gasteiger partial charge in [-0.1, -0.05) is 41.5 Å². The minimum absolute atomic E-state index is 0.0312. The third kappa shape index (κ3) is 2.97. The van der Waals surface area contributed by atoms with Crippen molar-refractivity contribution < 1.29 is 9.84 Å². The van der Waals surface area contributed by atoms with Crippen LogP contribution in [0.3, 0.4) is 0 Å². The van der Waals surface area contributed by atoms with Gasteiger partial charge in [-0.15, -0.1) is 0 Å². The number of fused-ring (bicyclic) bond motifs is 1. The van der Waals surface area contributed by atoms with E-state index in [0.717, 1.165) is 36.1 Å². The van der Waals surface area contributed by atoms with Crippen LogP contribution in [0.1, 0.15) is 71.1 Å². The van der Waals surface area contributed by atoms with Crippen LogP contribution >= 0.6 is 11.8 Å². The molecule has 128 valence electrons. The van der Waals surface area contributed by atoms with Crippen LogP contribution in [0, 0.1) is 0 Å². The minimum atomic E-state index is -0.0966. The molecule has 0 bridgehead atoms. The van der Waals surface area contributed by atoms with E-state index in [2.05, 4.69) is 47.6 Å². The molecule has 2 aliphatic rings. The highest BCUT2D eigenvalue weighted by atomic mass is 32.2. The van der Waals surface area contributed by atoms with E-state index in [-0.39, 0.29) is 16.4 Å². The Labute approximate surface area is 145 Å². The van der Waals surface area contributed by atoms with Gasteiger partial charge in [0.15, 0.2) is 0 Å². The summed E-state index contributed by atoms with van der Waals surface area (Å²) in [6.07, 6.45) is 3.18. The van der Waals surface area contributed by atoms with E-state index in [1.165, 1.54) is 17.1 Å². The maximum Gasteiger partial charge on any atom is 0.124 e. The van der Waals surface area contributed by atoms with Crippen LogP contribution in [0.25, 0.3) is 0 Å². The van der Waals surface area contributed by atoms with Crippen molar-refractivity contribution in [2.45, 2.75) is 77.2 Å². The van der Waals surface area contributed by atoms with Crippen LogP contribution in [0.15, 0.2) is 6.07 Å². The lowest BCUT2D eigenvalue weighted by atomic mass is 9.75. The molecule has 1 aromatic rings. The molecule has 0 atom stereocenters. The Kier molecular flexibility index (Phi) is 3.95. The zero-order valence-corrected chi connectivity index (χ0v) is 16.2. The van der Waals surface area contributed by atoms with E-state index in [4.69, 9.17) is 4.74 Å². The molecule has 0 saturated carbocycles. The number of rotatable bonds is 0. The van der Waals surface area contributed by atoms with Gasteiger partial charge >= 0.3 is 0 Å². The Hall–Kier alpha value is -0.830. The maximum absolute atomic E-state index is 11.1. The van der Waals surface area contributed by atoms with E-state index in [1.807, 2.05) is 11.8 Å². The summed E-state index contributed by atoms with van der Waals surface area (Å²) in [5.74, 6) is 3.85. The summed E-state index contributed by atoms with van der Waals surface area (Å²) in [6, 6.07) is 2.11. The highest BCUT2D eigenvalue weighted by Crippen LogP contribution is 2.51. The average Bonchev–Trinajstić information content (AvgIpc) is 2.73. The highest BCUT2D eigenvalue weighted by molar-refractivity contribution is 7.99. The van der Waals surface area contributed by atoms with Crippen molar-refractivity contribution in [2.75, 3.05) is 11.5 Å². The van der Waals surface area contributed by atoms with Gasteiger partial charge in [-0.05, 0) is 41.2 Å². The summed E-state index contributed by atoms with van der Waals surface area (Å²) in [4.78, 5) is 0. The molecular formula is C20H30O2S. The molecule has 1 spiro atoms. The fourth-order valence-electron chi connectivity index (χ4n) is 3.95. The van der Waals surface area contributed by atoms with E-state index in [9.17, 15) is 5.11 Å². The smallest absolute Gasteiger partial charge is 0.124 e. The standard InChI is InChI=1S/C20H30O2S/c1-18(2,3)14-11-15-13(16(17(14)21)19(4,5)6)12-20(22-15)7-9-23-10-8-20/h11,21H,7-10,12H2,1-6H3. The van der Waals surface area contributed by atoms with E-state index in [1.54, 1.807) is 0 Å². The zero-order valence-electron chi connectivity index (χ0n) is 15.4. The number of phenolic OH excluding ortho intramolecular Hbond substituents is 1. The summed E-state index contributed by atoms with van der Waals surface area (Å²) in [6.45, 7) is 13.0. The van der Waals surface area contributed by atoms with Crippen molar-refractivity contribution in [1.82, 2.24) is 0 Å². The quantitative estimate of drug-likeness (QED) is 0.708. The van der Waals surface area contributed by atoms with Crippen molar-refractivity contribution in [3.05, 3.63) is 22.8 Å². The van der Waals surface area contributed by atoms with Crippen molar-refractivity contribution in [1.29, 1.82) is 0 Å². The van der Waals surface area contributed by atoms with Gasteiger partial charge in [0.25, 0.3) is 0 Å². The first kappa shape index (κ1) is 17.0. The number of thioether (sulfide) groups is 1. The summed E-state index contributed by atoms with van der Waals surface area (Å²) < 4.78 is 6.54. The third-order valence-corrected chi connectivity index (χ3v) is 6.14. The van der Waals surface area contributed by atoms with Gasteiger partial charge in [0, 0.05) is 23.1 Å². The van der Waals surface area contributed by atoms with Gasteiger partial charge in [-0.3, -0.25) is 0 Å². The lowest BCUT2D eigenvalue weighted by molar-refractivity contribution is 0.0852. The number of ether oxygens (including phenoxy) is 1. The second-order valence-corrected chi connectivity index (χ2v) is 10.4. The Bertz CT molecular complexity index is 614. The molecule has 0 amide bonds. The van der Waals surface area contributed by atoms with Crippen LogP contribution in [0.5, 0.6) is 11.5 Å². The lowest BCUT2D eigenvalue weighted by Gasteiger charge is -2.32. The number of benzene rings is 1. The van der Waals surface area contributed by atoms with Crippen LogP contribution in [-0.4, -0.2) is 22.2 Å². The average molecular weight is 335 g/mol. The number of phenols is 1. The fourth-order valence-corrected chi connectivity index (χ4v) is 5.18. The van der Waals surface area contributed by atoms with E-state index < -0.39 is 0 Å². The van der Waals surface area contributed by atoms with Crippen molar-refractivity contribution in [3.63, 3.8) is 0 Å². The summed E-state index contributed by atoms with van der Waals surface area (Å²) in [5, 5.41) is 11.1. The maximum atomic E-state index is 11.1. The summed E-state index contributed by atoms with van der Waals surface area (Å²) in [5.41, 5.74) is 3.12. The monoisotopic (exact) mass is 334 g/mol. The Morgan fingerprint density at radius 1 is 1.04 bits per heavy atom. The second-order valence-electron chi connectivity index (χ2n) is 9.20. The molecular weight excluding hydrogens is 304 g/mol. The van der Waals surface area contributed by atoms with E-state index >= 15 is 0 Å². The fraction of sp³-hybridized carbons (Fsp3) is 0.700. The molecule has 0 radical (unpaired) electrons. The molecule has 0 aliphatic carbocycles. The molecule has 1 saturated heterocycles. The molecule has 1 N–H and O–H groups in total. The SMILES string of the molecule is CC(C)(C)c1cc2c(c(C(C)(C)C)c1O)CC1(CCSCC1)O2. The first-order chi connectivity index (χ1) is 10.5. The Balaban J connectivity index is 2.16. The molecule has 0 aromatic heterocycles.